The Morgan fingerprint density at radius 2 is 0.952 bits per heavy atom. The highest BCUT2D eigenvalue weighted by Crippen LogP contribution is 2.43. The molecule has 0 aliphatic heterocycles. The van der Waals surface area contributed by atoms with Crippen molar-refractivity contribution in [3.8, 4) is 0 Å². The fraction of sp³-hybridized carbons (Fsp3) is 0.685. The summed E-state index contributed by atoms with van der Waals surface area (Å²) in [6, 6.07) is -0.773. The monoisotopic (exact) mass is 900 g/mol. The van der Waals surface area contributed by atoms with Gasteiger partial charge in [-0.1, -0.05) is 201 Å². The number of aliphatic hydroxyl groups is 1. The minimum Gasteiger partial charge on any atom is -0.391 e. The zero-order chi connectivity index (χ0) is 46.4. The highest BCUT2D eigenvalue weighted by atomic mass is 31.2. The van der Waals surface area contributed by atoms with Crippen molar-refractivity contribution in [1.29, 1.82) is 0 Å². The highest BCUT2D eigenvalue weighted by molar-refractivity contribution is 7.47. The first-order chi connectivity index (χ1) is 30.5. The number of nitrogens with zero attached hydrogens (tertiary/aromatic N) is 1. The van der Waals surface area contributed by atoms with E-state index < -0.39 is 20.0 Å². The molecule has 0 radical (unpaired) electrons. The molecule has 0 aromatic rings. The third-order valence-corrected chi connectivity index (χ3v) is 11.6. The maximum Gasteiger partial charge on any atom is 0.472 e. The Kier molecular flexibility index (Phi) is 42.8. The molecule has 0 fully saturated rings. The first-order valence-electron chi connectivity index (χ1n) is 25.1. The topological polar surface area (TPSA) is 105 Å². The van der Waals surface area contributed by atoms with Crippen LogP contribution >= 0.6 is 7.82 Å². The summed E-state index contributed by atoms with van der Waals surface area (Å²) in [4.78, 5) is 23.2. The van der Waals surface area contributed by atoms with Gasteiger partial charge in [0.15, 0.2) is 0 Å². The molecule has 0 saturated carbocycles. The van der Waals surface area contributed by atoms with E-state index in [1.807, 2.05) is 21.1 Å². The minimum atomic E-state index is -4.32. The van der Waals surface area contributed by atoms with Crippen LogP contribution in [0.4, 0.5) is 0 Å². The fourth-order valence-electron chi connectivity index (χ4n) is 6.65. The van der Waals surface area contributed by atoms with Crippen LogP contribution in [0.3, 0.4) is 0 Å². The maximum atomic E-state index is 12.9. The number of rotatable bonds is 44. The molecule has 0 bridgehead atoms. The van der Waals surface area contributed by atoms with Crippen molar-refractivity contribution in [2.75, 3.05) is 40.9 Å². The predicted molar refractivity (Wildman–Crippen MR) is 272 cm³/mol. The molecule has 3 unspecified atom stereocenters. The molecule has 0 rings (SSSR count). The fourth-order valence-corrected chi connectivity index (χ4v) is 7.38. The number of carbonyl (C=O) groups is 1. The number of allylic oxidation sites excluding steroid dienone is 16. The van der Waals surface area contributed by atoms with Crippen LogP contribution in [0.1, 0.15) is 187 Å². The molecule has 3 atom stereocenters. The van der Waals surface area contributed by atoms with Gasteiger partial charge < -0.3 is 19.8 Å². The maximum absolute atomic E-state index is 12.9. The number of unbranched alkanes of at least 4 members (excludes halogenated alkanes) is 15. The Morgan fingerprint density at radius 1 is 0.556 bits per heavy atom. The first-order valence-corrected chi connectivity index (χ1v) is 26.6. The van der Waals surface area contributed by atoms with Crippen molar-refractivity contribution in [1.82, 2.24) is 5.32 Å². The number of hydrogen-bond donors (Lipinski definition) is 3. The number of phosphoric acid groups is 1. The molecule has 0 aromatic heterocycles. The number of carbonyl (C=O) groups excluding carboxylic acids is 1. The molecule has 0 heterocycles. The number of quaternary nitrogens is 1. The molecular formula is C54H96N2O6P+. The van der Waals surface area contributed by atoms with Crippen LogP contribution in [0.25, 0.3) is 0 Å². The molecule has 0 spiro atoms. The Morgan fingerprint density at radius 3 is 1.40 bits per heavy atom. The van der Waals surface area contributed by atoms with Crippen LogP contribution in [0.5, 0.6) is 0 Å². The summed E-state index contributed by atoms with van der Waals surface area (Å²) in [5.41, 5.74) is 0. The lowest BCUT2D eigenvalue weighted by molar-refractivity contribution is -0.870. The quantitative estimate of drug-likeness (QED) is 0.0243. The molecular weight excluding hydrogens is 804 g/mol. The number of aliphatic hydroxyl groups excluding tert-OH is 1. The van der Waals surface area contributed by atoms with Gasteiger partial charge in [0.2, 0.25) is 5.91 Å². The molecule has 0 aliphatic rings. The summed E-state index contributed by atoms with van der Waals surface area (Å²) in [5.74, 6) is -0.166. The van der Waals surface area contributed by atoms with Crippen molar-refractivity contribution in [3.63, 3.8) is 0 Å². The van der Waals surface area contributed by atoms with Gasteiger partial charge in [0.1, 0.15) is 13.2 Å². The molecule has 9 heteroatoms. The van der Waals surface area contributed by atoms with Gasteiger partial charge in [-0.3, -0.25) is 13.8 Å². The van der Waals surface area contributed by atoms with E-state index in [9.17, 15) is 19.4 Å². The van der Waals surface area contributed by atoms with E-state index in [-0.39, 0.29) is 19.1 Å². The number of amides is 1. The second-order valence-electron chi connectivity index (χ2n) is 17.8. The Balaban J connectivity index is 4.20. The van der Waals surface area contributed by atoms with Gasteiger partial charge in [0.05, 0.1) is 39.9 Å². The number of nitrogens with one attached hydrogen (secondary N) is 1. The van der Waals surface area contributed by atoms with Crippen LogP contribution in [-0.2, 0) is 18.4 Å². The van der Waals surface area contributed by atoms with E-state index in [2.05, 4.69) is 116 Å². The molecule has 63 heavy (non-hydrogen) atoms. The van der Waals surface area contributed by atoms with Crippen molar-refractivity contribution in [3.05, 3.63) is 97.2 Å². The summed E-state index contributed by atoms with van der Waals surface area (Å²) in [6.07, 6.45) is 63.1. The zero-order valence-corrected chi connectivity index (χ0v) is 41.9. The molecule has 3 N–H and O–H groups in total. The van der Waals surface area contributed by atoms with Crippen molar-refractivity contribution in [2.24, 2.45) is 0 Å². The van der Waals surface area contributed by atoms with Gasteiger partial charge >= 0.3 is 7.82 Å². The highest BCUT2D eigenvalue weighted by Gasteiger charge is 2.28. The second-order valence-corrected chi connectivity index (χ2v) is 19.3. The van der Waals surface area contributed by atoms with E-state index in [1.54, 1.807) is 0 Å². The summed E-state index contributed by atoms with van der Waals surface area (Å²) < 4.78 is 23.6. The number of hydrogen-bond acceptors (Lipinski definition) is 5. The normalized spacial score (nSPS) is 15.0. The standard InChI is InChI=1S/C54H95N2O6P/c1-6-8-10-12-14-16-18-19-20-21-22-23-24-25-26-27-28-29-30-31-32-33-34-35-36-37-38-40-42-44-46-48-54(58)55-52(51-62-63(59,60)61-50-49-56(3,4)5)53(57)47-45-43-41-39-17-15-13-11-9-7-2/h8,10,14,16,19-20,22-23,25-26,28-29,31-32,34-35,52-53,57H,6-7,9,11-13,15,17-18,21,24,27,30,33,36-51H2,1-5H3,(H-,55,58,59,60)/p+1/b10-8-,16-14-,20-19-,23-22-,26-25-,29-28-,32-31-,35-34-. The third-order valence-electron chi connectivity index (χ3n) is 10.6. The molecule has 0 aliphatic carbocycles. The Labute approximate surface area is 388 Å². The van der Waals surface area contributed by atoms with Gasteiger partial charge in [-0.25, -0.2) is 4.57 Å². The van der Waals surface area contributed by atoms with Gasteiger partial charge in [0, 0.05) is 6.42 Å². The minimum absolute atomic E-state index is 0.0661. The lowest BCUT2D eigenvalue weighted by Crippen LogP contribution is -2.46. The summed E-state index contributed by atoms with van der Waals surface area (Å²) >= 11 is 0. The van der Waals surface area contributed by atoms with Crippen molar-refractivity contribution < 1.29 is 32.9 Å². The lowest BCUT2D eigenvalue weighted by Gasteiger charge is -2.26. The molecule has 0 aromatic carbocycles. The largest absolute Gasteiger partial charge is 0.472 e. The van der Waals surface area contributed by atoms with Gasteiger partial charge in [-0.05, 0) is 77.0 Å². The van der Waals surface area contributed by atoms with Crippen LogP contribution in [-0.4, -0.2) is 73.4 Å². The van der Waals surface area contributed by atoms with E-state index >= 15 is 0 Å². The predicted octanol–water partition coefficient (Wildman–Crippen LogP) is 14.7. The van der Waals surface area contributed by atoms with Crippen LogP contribution in [0, 0.1) is 0 Å². The van der Waals surface area contributed by atoms with Gasteiger partial charge in [-0.15, -0.1) is 0 Å². The first kappa shape index (κ1) is 60.4. The Hall–Kier alpha value is -2.58. The van der Waals surface area contributed by atoms with Gasteiger partial charge in [-0.2, -0.15) is 0 Å². The molecule has 1 amide bonds. The van der Waals surface area contributed by atoms with E-state index in [1.165, 1.54) is 57.8 Å². The van der Waals surface area contributed by atoms with Gasteiger partial charge in [0.25, 0.3) is 0 Å². The zero-order valence-electron chi connectivity index (χ0n) is 41.0. The SMILES string of the molecule is CC/C=C\C/C=C\C/C=C\C/C=C\C/C=C\C/C=C\C/C=C\C/C=C\CCCCCCCCC(=O)NC(COP(=O)(O)OCC[N+](C)(C)C)C(O)CCCCCCCCCCCC. The van der Waals surface area contributed by atoms with Crippen molar-refractivity contribution in [2.45, 2.75) is 199 Å². The van der Waals surface area contributed by atoms with E-state index in [0.29, 0.717) is 23.9 Å². The summed E-state index contributed by atoms with van der Waals surface area (Å²) in [6.45, 7) is 4.72. The van der Waals surface area contributed by atoms with Crippen LogP contribution in [0.2, 0.25) is 0 Å². The Bertz CT molecular complexity index is 1340. The molecule has 362 valence electrons. The molecule has 8 nitrogen and oxygen atoms in total. The van der Waals surface area contributed by atoms with Crippen molar-refractivity contribution >= 4 is 13.7 Å². The number of phosphoric ester groups is 1. The third kappa shape index (κ3) is 47.2. The average molecular weight is 900 g/mol. The molecule has 0 saturated heterocycles. The van der Waals surface area contributed by atoms with Crippen LogP contribution < -0.4 is 5.32 Å². The number of likely N-dealkylation sites (N-methyl/N-ethyl adjacent to an activating group) is 1. The summed E-state index contributed by atoms with van der Waals surface area (Å²) in [5, 5.41) is 13.9. The summed E-state index contributed by atoms with van der Waals surface area (Å²) in [7, 11) is 1.59. The van der Waals surface area contributed by atoms with Crippen LogP contribution in [0.15, 0.2) is 97.2 Å². The lowest BCUT2D eigenvalue weighted by atomic mass is 10.0. The van der Waals surface area contributed by atoms with E-state index in [4.69, 9.17) is 9.05 Å². The van der Waals surface area contributed by atoms with E-state index in [0.717, 1.165) is 103 Å². The second kappa shape index (κ2) is 44.6. The smallest absolute Gasteiger partial charge is 0.391 e. The average Bonchev–Trinajstić information content (AvgIpc) is 3.24.